The number of hydrogen-bond donors (Lipinski definition) is 1. The molecule has 1 aliphatic rings. The molecule has 0 aliphatic heterocycles. The van der Waals surface area contributed by atoms with Gasteiger partial charge >= 0.3 is 0 Å². The van der Waals surface area contributed by atoms with Crippen molar-refractivity contribution in [2.75, 3.05) is 25.5 Å². The van der Waals surface area contributed by atoms with E-state index in [1.54, 1.807) is 0 Å². The van der Waals surface area contributed by atoms with Crippen molar-refractivity contribution in [2.24, 2.45) is 0 Å². The summed E-state index contributed by atoms with van der Waals surface area (Å²) in [5.74, 6) is 0.746. The van der Waals surface area contributed by atoms with E-state index in [4.69, 9.17) is 0 Å². The maximum absolute atomic E-state index is 4.58. The fraction of sp³-hybridized carbons (Fsp3) is 0.733. The summed E-state index contributed by atoms with van der Waals surface area (Å²) in [6.07, 6.45) is 7.90. The maximum Gasteiger partial charge on any atom is 0.222 e. The molecular weight excluding hydrogens is 236 g/mol. The Labute approximate surface area is 116 Å². The zero-order valence-electron chi connectivity index (χ0n) is 12.4. The highest BCUT2D eigenvalue weighted by molar-refractivity contribution is 5.31. The highest BCUT2D eigenvalue weighted by Crippen LogP contribution is 2.24. The Balaban J connectivity index is 2.08. The number of hydrogen-bond acceptors (Lipinski definition) is 4. The third-order valence-corrected chi connectivity index (χ3v) is 3.89. The molecule has 0 aromatic carbocycles. The summed E-state index contributed by atoms with van der Waals surface area (Å²) in [4.78, 5) is 11.6. The van der Waals surface area contributed by atoms with Crippen LogP contribution in [0.25, 0.3) is 0 Å². The van der Waals surface area contributed by atoms with E-state index in [9.17, 15) is 0 Å². The fourth-order valence-corrected chi connectivity index (χ4v) is 2.97. The molecule has 0 saturated heterocycles. The number of rotatable bonds is 6. The highest BCUT2D eigenvalue weighted by Gasteiger charge is 2.24. The van der Waals surface area contributed by atoms with Gasteiger partial charge in [-0.3, -0.25) is 0 Å². The van der Waals surface area contributed by atoms with Gasteiger partial charge in [0.25, 0.3) is 0 Å². The number of nitrogens with zero attached hydrogens (tertiary/aromatic N) is 3. The number of nitrogens with one attached hydrogen (secondary N) is 1. The van der Waals surface area contributed by atoms with E-state index >= 15 is 0 Å². The summed E-state index contributed by atoms with van der Waals surface area (Å²) in [6.45, 7) is 6.95. The van der Waals surface area contributed by atoms with Crippen molar-refractivity contribution in [3.8, 4) is 0 Å². The lowest BCUT2D eigenvalue weighted by atomic mass is 9.91. The Kier molecular flexibility index (Phi) is 5.14. The van der Waals surface area contributed by atoms with Crippen molar-refractivity contribution in [3.63, 3.8) is 0 Å². The molecule has 0 amide bonds. The molecule has 1 N–H and O–H groups in total. The molecule has 0 radical (unpaired) electrons. The molecule has 1 heterocycles. The molecule has 0 spiro atoms. The average Bonchev–Trinajstić information content (AvgIpc) is 2.46. The summed E-state index contributed by atoms with van der Waals surface area (Å²) in [5, 5.41) is 3.02. The van der Waals surface area contributed by atoms with Gasteiger partial charge in [-0.15, -0.1) is 0 Å². The average molecular weight is 262 g/mol. The summed E-state index contributed by atoms with van der Waals surface area (Å²) < 4.78 is 0. The zero-order chi connectivity index (χ0) is 13.7. The van der Waals surface area contributed by atoms with Crippen molar-refractivity contribution >= 4 is 5.95 Å². The van der Waals surface area contributed by atoms with Crippen LogP contribution in [0.2, 0.25) is 0 Å². The monoisotopic (exact) mass is 262 g/mol. The SMILES string of the molecule is CCCN(CCC)C1CCc2nc(NC)ncc2C1. The van der Waals surface area contributed by atoms with Crippen molar-refractivity contribution in [3.05, 3.63) is 17.5 Å². The number of anilines is 1. The van der Waals surface area contributed by atoms with Crippen LogP contribution in [0.4, 0.5) is 5.95 Å². The predicted octanol–water partition coefficient (Wildman–Crippen LogP) is 2.50. The molecule has 4 heteroatoms. The molecule has 2 rings (SSSR count). The van der Waals surface area contributed by atoms with Crippen molar-refractivity contribution < 1.29 is 0 Å². The summed E-state index contributed by atoms with van der Waals surface area (Å²) >= 11 is 0. The third-order valence-electron chi connectivity index (χ3n) is 3.89. The second-order valence-electron chi connectivity index (χ2n) is 5.35. The molecular formula is C15H26N4. The van der Waals surface area contributed by atoms with Gasteiger partial charge in [0.2, 0.25) is 5.95 Å². The van der Waals surface area contributed by atoms with E-state index in [1.165, 1.54) is 43.6 Å². The zero-order valence-corrected chi connectivity index (χ0v) is 12.4. The van der Waals surface area contributed by atoms with Gasteiger partial charge in [0.15, 0.2) is 0 Å². The quantitative estimate of drug-likeness (QED) is 0.855. The Morgan fingerprint density at radius 1 is 1.32 bits per heavy atom. The first-order chi connectivity index (χ1) is 9.28. The molecule has 1 atom stereocenters. The number of aryl methyl sites for hydroxylation is 1. The molecule has 0 bridgehead atoms. The smallest absolute Gasteiger partial charge is 0.222 e. The first-order valence-corrected chi connectivity index (χ1v) is 7.55. The van der Waals surface area contributed by atoms with E-state index in [0.29, 0.717) is 6.04 Å². The molecule has 4 nitrogen and oxygen atoms in total. The van der Waals surface area contributed by atoms with Crippen LogP contribution in [-0.4, -0.2) is 41.0 Å². The number of fused-ring (bicyclic) bond motifs is 1. The van der Waals surface area contributed by atoms with Crippen LogP contribution >= 0.6 is 0 Å². The van der Waals surface area contributed by atoms with Gasteiger partial charge < -0.3 is 10.2 Å². The van der Waals surface area contributed by atoms with Gasteiger partial charge in [-0.2, -0.15) is 0 Å². The largest absolute Gasteiger partial charge is 0.357 e. The van der Waals surface area contributed by atoms with Crippen molar-refractivity contribution in [1.82, 2.24) is 14.9 Å². The van der Waals surface area contributed by atoms with E-state index in [-0.39, 0.29) is 0 Å². The third kappa shape index (κ3) is 3.44. The maximum atomic E-state index is 4.58. The molecule has 1 unspecified atom stereocenters. The minimum atomic E-state index is 0.677. The topological polar surface area (TPSA) is 41.1 Å². The number of aromatic nitrogens is 2. The van der Waals surface area contributed by atoms with Crippen LogP contribution in [0.15, 0.2) is 6.20 Å². The molecule has 0 saturated carbocycles. The molecule has 1 aromatic heterocycles. The summed E-state index contributed by atoms with van der Waals surface area (Å²) in [6, 6.07) is 0.677. The molecule has 0 fully saturated rings. The van der Waals surface area contributed by atoms with Gasteiger partial charge in [-0.25, -0.2) is 9.97 Å². The minimum absolute atomic E-state index is 0.677. The highest BCUT2D eigenvalue weighted by atomic mass is 15.2. The second kappa shape index (κ2) is 6.85. The first kappa shape index (κ1) is 14.3. The summed E-state index contributed by atoms with van der Waals surface area (Å²) in [5.41, 5.74) is 2.58. The minimum Gasteiger partial charge on any atom is -0.357 e. The van der Waals surface area contributed by atoms with Crippen LogP contribution in [0.1, 0.15) is 44.4 Å². The Morgan fingerprint density at radius 2 is 2.05 bits per heavy atom. The van der Waals surface area contributed by atoms with E-state index < -0.39 is 0 Å². The van der Waals surface area contributed by atoms with Crippen LogP contribution in [0, 0.1) is 0 Å². The predicted molar refractivity (Wildman–Crippen MR) is 79.5 cm³/mol. The fourth-order valence-electron chi connectivity index (χ4n) is 2.97. The Hall–Kier alpha value is -1.16. The summed E-state index contributed by atoms with van der Waals surface area (Å²) in [7, 11) is 1.87. The lowest BCUT2D eigenvalue weighted by Gasteiger charge is -2.34. The second-order valence-corrected chi connectivity index (χ2v) is 5.35. The first-order valence-electron chi connectivity index (χ1n) is 7.55. The molecule has 19 heavy (non-hydrogen) atoms. The molecule has 106 valence electrons. The van der Waals surface area contributed by atoms with Gasteiger partial charge in [-0.1, -0.05) is 13.8 Å². The lowest BCUT2D eigenvalue weighted by molar-refractivity contribution is 0.179. The molecule has 1 aliphatic carbocycles. The van der Waals surface area contributed by atoms with Crippen LogP contribution in [-0.2, 0) is 12.8 Å². The molecule has 1 aromatic rings. The van der Waals surface area contributed by atoms with E-state index in [2.05, 4.69) is 34.0 Å². The van der Waals surface area contributed by atoms with Gasteiger partial charge in [-0.05, 0) is 50.8 Å². The van der Waals surface area contributed by atoms with Gasteiger partial charge in [0, 0.05) is 25.0 Å². The standard InChI is InChI=1S/C15H26N4/c1-4-8-19(9-5-2)13-6-7-14-12(10-13)11-17-15(16-3)18-14/h11,13H,4-10H2,1-3H3,(H,16,17,18). The van der Waals surface area contributed by atoms with Crippen molar-refractivity contribution in [2.45, 2.75) is 52.0 Å². The Morgan fingerprint density at radius 3 is 2.68 bits per heavy atom. The van der Waals surface area contributed by atoms with Crippen LogP contribution in [0.5, 0.6) is 0 Å². The van der Waals surface area contributed by atoms with Crippen LogP contribution < -0.4 is 5.32 Å². The lowest BCUT2D eigenvalue weighted by Crippen LogP contribution is -2.40. The van der Waals surface area contributed by atoms with Gasteiger partial charge in [0.05, 0.1) is 0 Å². The normalized spacial score (nSPS) is 18.4. The van der Waals surface area contributed by atoms with Crippen LogP contribution in [0.3, 0.4) is 0 Å². The van der Waals surface area contributed by atoms with E-state index in [1.807, 2.05) is 13.2 Å². The van der Waals surface area contributed by atoms with Gasteiger partial charge in [0.1, 0.15) is 0 Å². The van der Waals surface area contributed by atoms with E-state index in [0.717, 1.165) is 18.8 Å². The van der Waals surface area contributed by atoms with Crippen molar-refractivity contribution in [1.29, 1.82) is 0 Å². The Bertz CT molecular complexity index is 399.